The molecule has 1 atom stereocenters. The fourth-order valence-corrected chi connectivity index (χ4v) is 2.49. The van der Waals surface area contributed by atoms with E-state index in [0.717, 1.165) is 33.8 Å². The maximum atomic E-state index is 5.44. The van der Waals surface area contributed by atoms with Crippen LogP contribution in [0.1, 0.15) is 18.7 Å². The van der Waals surface area contributed by atoms with Gasteiger partial charge < -0.3 is 19.2 Å². The van der Waals surface area contributed by atoms with Crippen LogP contribution in [0.2, 0.25) is 0 Å². The van der Waals surface area contributed by atoms with Crippen molar-refractivity contribution in [1.82, 2.24) is 4.98 Å². The summed E-state index contributed by atoms with van der Waals surface area (Å²) in [5, 5.41) is 5.44. The second-order valence-electron chi connectivity index (χ2n) is 4.97. The summed E-state index contributed by atoms with van der Waals surface area (Å²) in [6.07, 6.45) is 3.45. The van der Waals surface area contributed by atoms with Gasteiger partial charge in [0, 0.05) is 11.6 Å². The zero-order chi connectivity index (χ0) is 14.2. The average Bonchev–Trinajstić information content (AvgIpc) is 3.16. The van der Waals surface area contributed by atoms with Crippen molar-refractivity contribution in [2.24, 2.45) is 0 Å². The minimum absolute atomic E-state index is 0.0310. The Hall–Kier alpha value is -2.69. The highest BCUT2D eigenvalue weighted by molar-refractivity contribution is 5.94. The van der Waals surface area contributed by atoms with Gasteiger partial charge in [-0.25, -0.2) is 4.98 Å². The lowest BCUT2D eigenvalue weighted by molar-refractivity contribution is 0.174. The minimum atomic E-state index is 0.0310. The summed E-state index contributed by atoms with van der Waals surface area (Å²) in [7, 11) is 0. The second kappa shape index (κ2) is 4.70. The van der Waals surface area contributed by atoms with Gasteiger partial charge in [0.1, 0.15) is 11.6 Å². The Kier molecular flexibility index (Phi) is 2.70. The molecule has 3 heterocycles. The molecule has 1 aliphatic heterocycles. The summed E-state index contributed by atoms with van der Waals surface area (Å²) < 4.78 is 16.3. The molecule has 0 saturated carbocycles. The molecule has 4 rings (SSSR count). The first kappa shape index (κ1) is 12.1. The monoisotopic (exact) mass is 282 g/mol. The number of anilines is 1. The molecule has 1 unspecified atom stereocenters. The van der Waals surface area contributed by atoms with Gasteiger partial charge in [0.05, 0.1) is 12.3 Å². The average molecular weight is 282 g/mol. The first-order valence-electron chi connectivity index (χ1n) is 6.79. The highest BCUT2D eigenvalue weighted by Gasteiger charge is 2.17. The molecule has 3 aromatic rings. The Bertz CT molecular complexity index is 784. The Morgan fingerprint density at radius 2 is 2.05 bits per heavy atom. The third-order valence-corrected chi connectivity index (χ3v) is 3.58. The van der Waals surface area contributed by atoms with Crippen LogP contribution in [0, 0.1) is 0 Å². The Balaban J connectivity index is 1.75. The second-order valence-corrected chi connectivity index (χ2v) is 4.97. The maximum Gasteiger partial charge on any atom is 0.231 e. The topological polar surface area (TPSA) is 56.5 Å². The smallest absolute Gasteiger partial charge is 0.231 e. The summed E-state index contributed by atoms with van der Waals surface area (Å²) >= 11 is 0. The van der Waals surface area contributed by atoms with Crippen LogP contribution in [-0.4, -0.2) is 11.8 Å². The van der Waals surface area contributed by atoms with E-state index in [1.807, 2.05) is 37.3 Å². The predicted molar refractivity (Wildman–Crippen MR) is 78.6 cm³/mol. The van der Waals surface area contributed by atoms with Crippen molar-refractivity contribution < 1.29 is 13.9 Å². The van der Waals surface area contributed by atoms with Gasteiger partial charge in [-0.3, -0.25) is 0 Å². The number of pyridine rings is 1. The van der Waals surface area contributed by atoms with E-state index in [0.29, 0.717) is 0 Å². The van der Waals surface area contributed by atoms with E-state index >= 15 is 0 Å². The summed E-state index contributed by atoms with van der Waals surface area (Å²) in [5.74, 6) is 3.20. The molecule has 2 aromatic heterocycles. The van der Waals surface area contributed by atoms with Gasteiger partial charge in [0.2, 0.25) is 6.79 Å². The summed E-state index contributed by atoms with van der Waals surface area (Å²) in [5.41, 5.74) is 0. The maximum absolute atomic E-state index is 5.44. The van der Waals surface area contributed by atoms with Crippen molar-refractivity contribution in [3.8, 4) is 11.5 Å². The lowest BCUT2D eigenvalue weighted by Crippen LogP contribution is -2.07. The number of hydrogen-bond acceptors (Lipinski definition) is 5. The fraction of sp³-hybridized carbons (Fsp3) is 0.188. The number of furan rings is 1. The molecule has 0 saturated heterocycles. The summed E-state index contributed by atoms with van der Waals surface area (Å²) in [6.45, 7) is 2.30. The highest BCUT2D eigenvalue weighted by Crippen LogP contribution is 2.38. The van der Waals surface area contributed by atoms with E-state index in [9.17, 15) is 0 Å². The van der Waals surface area contributed by atoms with Crippen LogP contribution in [0.5, 0.6) is 11.5 Å². The largest absolute Gasteiger partial charge is 0.467 e. The summed E-state index contributed by atoms with van der Waals surface area (Å²) in [4.78, 5) is 4.43. The zero-order valence-electron chi connectivity index (χ0n) is 11.5. The van der Waals surface area contributed by atoms with Crippen LogP contribution in [0.25, 0.3) is 10.8 Å². The summed E-state index contributed by atoms with van der Waals surface area (Å²) in [6, 6.07) is 9.74. The van der Waals surface area contributed by atoms with Gasteiger partial charge in [0.15, 0.2) is 11.5 Å². The molecule has 1 N–H and O–H groups in total. The Morgan fingerprint density at radius 1 is 1.19 bits per heavy atom. The number of aromatic nitrogens is 1. The predicted octanol–water partition coefficient (Wildman–Crippen LogP) is 3.73. The van der Waals surface area contributed by atoms with Crippen LogP contribution < -0.4 is 14.8 Å². The van der Waals surface area contributed by atoms with Gasteiger partial charge in [-0.2, -0.15) is 0 Å². The van der Waals surface area contributed by atoms with Crippen molar-refractivity contribution in [3.63, 3.8) is 0 Å². The lowest BCUT2D eigenvalue weighted by atomic mass is 10.1. The number of hydrogen-bond donors (Lipinski definition) is 1. The van der Waals surface area contributed by atoms with Crippen molar-refractivity contribution in [2.45, 2.75) is 13.0 Å². The molecule has 0 spiro atoms. The quantitative estimate of drug-likeness (QED) is 0.793. The number of nitrogens with zero attached hydrogens (tertiary/aromatic N) is 1. The number of ether oxygens (including phenoxy) is 2. The standard InChI is InChI=1S/C16H14N2O3/c1-10(13-3-2-6-19-13)18-16-12-8-15-14(20-9-21-15)7-11(12)4-5-17-16/h2-8,10H,9H2,1H3,(H,17,18). The van der Waals surface area contributed by atoms with Crippen molar-refractivity contribution in [3.05, 3.63) is 48.6 Å². The van der Waals surface area contributed by atoms with Crippen LogP contribution in [0.15, 0.2) is 47.2 Å². The van der Waals surface area contributed by atoms with Crippen LogP contribution >= 0.6 is 0 Å². The molecule has 1 aromatic carbocycles. The number of rotatable bonds is 3. The Morgan fingerprint density at radius 3 is 2.86 bits per heavy atom. The van der Waals surface area contributed by atoms with Gasteiger partial charge >= 0.3 is 0 Å². The molecule has 106 valence electrons. The first-order chi connectivity index (χ1) is 10.3. The van der Waals surface area contributed by atoms with Crippen LogP contribution in [0.3, 0.4) is 0 Å². The highest BCUT2D eigenvalue weighted by atomic mass is 16.7. The van der Waals surface area contributed by atoms with E-state index in [2.05, 4.69) is 10.3 Å². The van der Waals surface area contributed by atoms with Gasteiger partial charge in [0.25, 0.3) is 0 Å². The number of benzene rings is 1. The molecule has 0 amide bonds. The molecule has 0 aliphatic carbocycles. The molecule has 0 fully saturated rings. The van der Waals surface area contributed by atoms with Gasteiger partial charge in [-0.1, -0.05) is 0 Å². The van der Waals surface area contributed by atoms with Crippen molar-refractivity contribution in [1.29, 1.82) is 0 Å². The number of nitrogens with one attached hydrogen (secondary N) is 1. The zero-order valence-corrected chi connectivity index (χ0v) is 11.5. The molecular formula is C16H14N2O3. The van der Waals surface area contributed by atoms with E-state index in [4.69, 9.17) is 13.9 Å². The third kappa shape index (κ3) is 2.07. The van der Waals surface area contributed by atoms with Gasteiger partial charge in [-0.05, 0) is 42.6 Å². The minimum Gasteiger partial charge on any atom is -0.467 e. The van der Waals surface area contributed by atoms with Crippen LogP contribution in [-0.2, 0) is 0 Å². The van der Waals surface area contributed by atoms with E-state index in [1.54, 1.807) is 12.5 Å². The Labute approximate surface area is 121 Å². The third-order valence-electron chi connectivity index (χ3n) is 3.58. The molecule has 5 nitrogen and oxygen atoms in total. The van der Waals surface area contributed by atoms with Crippen molar-refractivity contribution >= 4 is 16.6 Å². The molecule has 1 aliphatic rings. The molecule has 21 heavy (non-hydrogen) atoms. The normalized spacial score (nSPS) is 14.3. The van der Waals surface area contributed by atoms with Crippen molar-refractivity contribution in [2.75, 3.05) is 12.1 Å². The molecular weight excluding hydrogens is 268 g/mol. The van der Waals surface area contributed by atoms with E-state index in [1.165, 1.54) is 0 Å². The van der Waals surface area contributed by atoms with E-state index in [-0.39, 0.29) is 12.8 Å². The fourth-order valence-electron chi connectivity index (χ4n) is 2.49. The molecule has 0 bridgehead atoms. The molecule has 5 heteroatoms. The van der Waals surface area contributed by atoms with Crippen LogP contribution in [0.4, 0.5) is 5.82 Å². The first-order valence-corrected chi connectivity index (χ1v) is 6.79. The van der Waals surface area contributed by atoms with Gasteiger partial charge in [-0.15, -0.1) is 0 Å². The number of fused-ring (bicyclic) bond motifs is 2. The lowest BCUT2D eigenvalue weighted by Gasteiger charge is -2.14. The SMILES string of the molecule is CC(Nc1nccc2cc3c(cc12)OCO3)c1ccco1. The molecule has 0 radical (unpaired) electrons. The van der Waals surface area contributed by atoms with E-state index < -0.39 is 0 Å².